The lowest BCUT2D eigenvalue weighted by Crippen LogP contribution is -2.55. The van der Waals surface area contributed by atoms with Gasteiger partial charge in [-0.05, 0) is 75.2 Å². The number of halogens is 2. The molecule has 3 aromatic rings. The van der Waals surface area contributed by atoms with Crippen LogP contribution in [0.1, 0.15) is 54.9 Å². The van der Waals surface area contributed by atoms with Crippen LogP contribution in [-0.2, 0) is 16.1 Å². The number of fused-ring (bicyclic) bond motifs is 1. The largest absolute Gasteiger partial charge is 0.349 e. The first-order chi connectivity index (χ1) is 22.7. The SMILES string of the molecule is C[C@H](NC(=O)c1c(CN2CCN(CC(=O)N3CCN(C)CC3)C(=O)C2)c(-c2ccc(F)cc2)nc2ccc(F)cc12)C1CCCCC1. The van der Waals surface area contributed by atoms with Crippen molar-refractivity contribution in [2.45, 2.75) is 51.6 Å². The monoisotopic (exact) mass is 646 g/mol. The van der Waals surface area contributed by atoms with E-state index in [0.29, 0.717) is 65.4 Å². The molecule has 0 spiro atoms. The summed E-state index contributed by atoms with van der Waals surface area (Å²) in [7, 11) is 2.03. The summed E-state index contributed by atoms with van der Waals surface area (Å²) in [4.78, 5) is 53.0. The standard InChI is InChI=1S/C36H44F2N6O3/c1-24(25-6-4-3-5-7-25)39-36(47)34-29-20-28(38)12-13-31(29)40-35(26-8-10-27(37)11-9-26)30(34)21-42-16-19-44(32(45)22-42)23-33(46)43-17-14-41(2)15-18-43/h8-13,20,24-25H,3-7,14-19,21-23H2,1-2H3,(H,39,47)/t24-/m0/s1. The number of rotatable bonds is 8. The number of carbonyl (C=O) groups is 3. The Morgan fingerprint density at radius 2 is 1.64 bits per heavy atom. The van der Waals surface area contributed by atoms with Gasteiger partial charge in [0.1, 0.15) is 11.6 Å². The maximum absolute atomic E-state index is 14.7. The van der Waals surface area contributed by atoms with Crippen LogP contribution in [0, 0.1) is 17.6 Å². The van der Waals surface area contributed by atoms with Crippen LogP contribution in [0.5, 0.6) is 0 Å². The van der Waals surface area contributed by atoms with Crippen molar-refractivity contribution in [1.82, 2.24) is 29.9 Å². The summed E-state index contributed by atoms with van der Waals surface area (Å²) in [6.45, 7) is 6.07. The van der Waals surface area contributed by atoms with Crippen molar-refractivity contribution in [2.75, 3.05) is 59.4 Å². The quantitative estimate of drug-likeness (QED) is 0.393. The number of aromatic nitrogens is 1. The Morgan fingerprint density at radius 1 is 0.936 bits per heavy atom. The van der Waals surface area contributed by atoms with Crippen molar-refractivity contribution >= 4 is 28.6 Å². The second kappa shape index (κ2) is 14.4. The number of pyridine rings is 1. The molecule has 1 aromatic heterocycles. The average Bonchev–Trinajstić information content (AvgIpc) is 3.06. The third-order valence-corrected chi connectivity index (χ3v) is 10.1. The van der Waals surface area contributed by atoms with E-state index in [1.807, 2.05) is 23.8 Å². The lowest BCUT2D eigenvalue weighted by molar-refractivity contribution is -0.144. The fourth-order valence-corrected chi connectivity index (χ4v) is 7.17. The third-order valence-electron chi connectivity index (χ3n) is 10.1. The second-order valence-corrected chi connectivity index (χ2v) is 13.4. The van der Waals surface area contributed by atoms with Gasteiger partial charge in [-0.25, -0.2) is 13.8 Å². The number of amides is 3. The van der Waals surface area contributed by atoms with Crippen LogP contribution >= 0.6 is 0 Å². The summed E-state index contributed by atoms with van der Waals surface area (Å²) in [5, 5.41) is 3.62. The maximum Gasteiger partial charge on any atom is 0.252 e. The molecule has 1 atom stereocenters. The van der Waals surface area contributed by atoms with Gasteiger partial charge in [0.05, 0.1) is 29.9 Å². The lowest BCUT2D eigenvalue weighted by Gasteiger charge is -2.37. The fraction of sp³-hybridized carbons (Fsp3) is 0.500. The molecule has 2 aliphatic heterocycles. The number of hydrogen-bond acceptors (Lipinski definition) is 6. The number of likely N-dealkylation sites (N-methyl/N-ethyl adjacent to an activating group) is 1. The summed E-state index contributed by atoms with van der Waals surface area (Å²) < 4.78 is 28.7. The summed E-state index contributed by atoms with van der Waals surface area (Å²) in [6.07, 6.45) is 5.56. The summed E-state index contributed by atoms with van der Waals surface area (Å²) in [5.74, 6) is -1.06. The zero-order valence-electron chi connectivity index (χ0n) is 27.3. The molecule has 2 saturated heterocycles. The predicted molar refractivity (Wildman–Crippen MR) is 177 cm³/mol. The molecule has 3 fully saturated rings. The van der Waals surface area contributed by atoms with E-state index >= 15 is 0 Å². The van der Waals surface area contributed by atoms with E-state index in [1.54, 1.807) is 23.1 Å². The molecule has 3 aliphatic rings. The Bertz CT molecular complexity index is 1620. The molecule has 0 unspecified atom stereocenters. The van der Waals surface area contributed by atoms with Crippen LogP contribution in [0.4, 0.5) is 8.78 Å². The van der Waals surface area contributed by atoms with Gasteiger partial charge in [0.15, 0.2) is 0 Å². The molecule has 9 nitrogen and oxygen atoms in total. The van der Waals surface area contributed by atoms with Crippen LogP contribution in [0.15, 0.2) is 42.5 Å². The molecule has 250 valence electrons. The molecule has 1 saturated carbocycles. The molecule has 0 bridgehead atoms. The molecule has 1 N–H and O–H groups in total. The second-order valence-electron chi connectivity index (χ2n) is 13.4. The molecule has 1 aliphatic carbocycles. The van der Waals surface area contributed by atoms with Gasteiger partial charge in [-0.2, -0.15) is 0 Å². The Balaban J connectivity index is 1.30. The number of nitrogens with one attached hydrogen (secondary N) is 1. The zero-order chi connectivity index (χ0) is 33.1. The first-order valence-corrected chi connectivity index (χ1v) is 16.8. The predicted octanol–water partition coefficient (Wildman–Crippen LogP) is 4.30. The van der Waals surface area contributed by atoms with Gasteiger partial charge < -0.3 is 20.0 Å². The molecular formula is C36H44F2N6O3. The van der Waals surface area contributed by atoms with Gasteiger partial charge in [-0.3, -0.25) is 19.3 Å². The van der Waals surface area contributed by atoms with Gasteiger partial charge >= 0.3 is 0 Å². The van der Waals surface area contributed by atoms with Crippen LogP contribution in [0.2, 0.25) is 0 Å². The highest BCUT2D eigenvalue weighted by molar-refractivity contribution is 6.09. The van der Waals surface area contributed by atoms with E-state index in [2.05, 4.69) is 10.2 Å². The van der Waals surface area contributed by atoms with Gasteiger partial charge in [-0.15, -0.1) is 0 Å². The molecule has 47 heavy (non-hydrogen) atoms. The third kappa shape index (κ3) is 7.62. The van der Waals surface area contributed by atoms with E-state index < -0.39 is 11.6 Å². The molecule has 6 rings (SSSR count). The molecule has 3 amide bonds. The van der Waals surface area contributed by atoms with Crippen molar-refractivity contribution in [2.24, 2.45) is 5.92 Å². The maximum atomic E-state index is 14.7. The van der Waals surface area contributed by atoms with Crippen LogP contribution in [0.25, 0.3) is 22.2 Å². The lowest BCUT2D eigenvalue weighted by atomic mass is 9.84. The minimum absolute atomic E-state index is 0.0424. The number of benzene rings is 2. The topological polar surface area (TPSA) is 89.1 Å². The van der Waals surface area contributed by atoms with Crippen LogP contribution < -0.4 is 5.32 Å². The highest BCUT2D eigenvalue weighted by atomic mass is 19.1. The first-order valence-electron chi connectivity index (χ1n) is 16.8. The number of piperazine rings is 2. The van der Waals surface area contributed by atoms with Gasteiger partial charge in [0.2, 0.25) is 11.8 Å². The summed E-state index contributed by atoms with van der Waals surface area (Å²) in [6, 6.07) is 10.1. The van der Waals surface area contributed by atoms with Crippen molar-refractivity contribution in [3.63, 3.8) is 0 Å². The van der Waals surface area contributed by atoms with E-state index in [4.69, 9.17) is 4.98 Å². The number of hydrogen-bond donors (Lipinski definition) is 1. The van der Waals surface area contributed by atoms with E-state index in [-0.39, 0.29) is 43.4 Å². The molecule has 0 radical (unpaired) electrons. The molecule has 3 heterocycles. The van der Waals surface area contributed by atoms with Gasteiger partial charge in [0, 0.05) is 68.4 Å². The zero-order valence-corrected chi connectivity index (χ0v) is 27.3. The number of carbonyl (C=O) groups excluding carboxylic acids is 3. The Labute approximate surface area is 274 Å². The smallest absolute Gasteiger partial charge is 0.252 e. The molecule has 2 aromatic carbocycles. The minimum Gasteiger partial charge on any atom is -0.349 e. The average molecular weight is 647 g/mol. The molecular weight excluding hydrogens is 602 g/mol. The summed E-state index contributed by atoms with van der Waals surface area (Å²) >= 11 is 0. The number of nitrogens with zero attached hydrogens (tertiary/aromatic N) is 5. The van der Waals surface area contributed by atoms with Gasteiger partial charge in [0.25, 0.3) is 5.91 Å². The van der Waals surface area contributed by atoms with Crippen molar-refractivity contribution in [3.8, 4) is 11.3 Å². The van der Waals surface area contributed by atoms with Gasteiger partial charge in [-0.1, -0.05) is 19.3 Å². The van der Waals surface area contributed by atoms with Crippen LogP contribution in [-0.4, -0.2) is 108 Å². The van der Waals surface area contributed by atoms with Crippen molar-refractivity contribution < 1.29 is 23.2 Å². The highest BCUT2D eigenvalue weighted by Gasteiger charge is 2.31. The fourth-order valence-electron chi connectivity index (χ4n) is 7.17. The normalized spacial score (nSPS) is 19.3. The van der Waals surface area contributed by atoms with E-state index in [0.717, 1.165) is 38.8 Å². The molecule has 11 heteroatoms. The van der Waals surface area contributed by atoms with Crippen LogP contribution in [0.3, 0.4) is 0 Å². The van der Waals surface area contributed by atoms with E-state index in [1.165, 1.54) is 30.7 Å². The Morgan fingerprint density at radius 3 is 2.34 bits per heavy atom. The Kier molecular flexibility index (Phi) is 10.1. The first kappa shape index (κ1) is 33.0. The minimum atomic E-state index is -0.483. The van der Waals surface area contributed by atoms with Crippen molar-refractivity contribution in [3.05, 3.63) is 65.2 Å². The Hall–Kier alpha value is -3.96. The van der Waals surface area contributed by atoms with E-state index in [9.17, 15) is 23.2 Å². The van der Waals surface area contributed by atoms with Crippen molar-refractivity contribution in [1.29, 1.82) is 0 Å². The summed E-state index contributed by atoms with van der Waals surface area (Å²) in [5.41, 5.74) is 2.42. The highest BCUT2D eigenvalue weighted by Crippen LogP contribution is 2.33.